The standard InChI is InChI=1S/C26H25N3O3S/c1-2-3-8-24(30)27-20-13-15-21(16-14-20)33-17-25(31)28-19-11-9-18(10-12-19)26-29-22-6-4-5-7-23(22)32-26/h4-7,9-16H,2-3,8,17H2,1H3,(H,27,30)(H,28,31). The van der Waals surface area contributed by atoms with Crippen LogP contribution in [0.25, 0.3) is 22.6 Å². The minimum atomic E-state index is -0.0912. The molecule has 0 spiro atoms. The van der Waals surface area contributed by atoms with Crippen molar-refractivity contribution < 1.29 is 14.0 Å². The van der Waals surface area contributed by atoms with Gasteiger partial charge in [-0.3, -0.25) is 9.59 Å². The molecule has 6 nitrogen and oxygen atoms in total. The molecule has 0 aliphatic heterocycles. The van der Waals surface area contributed by atoms with E-state index in [1.807, 2.05) is 72.8 Å². The minimum Gasteiger partial charge on any atom is -0.436 e. The molecule has 1 heterocycles. The summed E-state index contributed by atoms with van der Waals surface area (Å²) in [4.78, 5) is 29.6. The number of benzene rings is 3. The number of carbonyl (C=O) groups is 2. The first-order chi connectivity index (χ1) is 16.1. The van der Waals surface area contributed by atoms with Crippen molar-refractivity contribution in [3.63, 3.8) is 0 Å². The molecule has 4 rings (SSSR count). The number of unbranched alkanes of at least 4 members (excludes halogenated alkanes) is 1. The Morgan fingerprint density at radius 3 is 2.24 bits per heavy atom. The summed E-state index contributed by atoms with van der Waals surface area (Å²) in [6, 6.07) is 22.6. The lowest BCUT2D eigenvalue weighted by molar-refractivity contribution is -0.116. The third kappa shape index (κ3) is 6.23. The Labute approximate surface area is 196 Å². The normalized spacial score (nSPS) is 10.8. The molecule has 33 heavy (non-hydrogen) atoms. The van der Waals surface area contributed by atoms with Crippen LogP contribution in [0.15, 0.2) is 82.1 Å². The van der Waals surface area contributed by atoms with Crippen LogP contribution >= 0.6 is 11.8 Å². The molecule has 2 N–H and O–H groups in total. The van der Waals surface area contributed by atoms with E-state index in [0.717, 1.165) is 40.1 Å². The molecule has 0 radical (unpaired) electrons. The summed E-state index contributed by atoms with van der Waals surface area (Å²) in [6.45, 7) is 2.06. The van der Waals surface area contributed by atoms with Crippen LogP contribution in [0.2, 0.25) is 0 Å². The summed E-state index contributed by atoms with van der Waals surface area (Å²) >= 11 is 1.44. The SMILES string of the molecule is CCCCC(=O)Nc1ccc(SCC(=O)Nc2ccc(-c3nc4ccccc4o3)cc2)cc1. The van der Waals surface area contributed by atoms with E-state index in [9.17, 15) is 9.59 Å². The van der Waals surface area contributed by atoms with Gasteiger partial charge >= 0.3 is 0 Å². The Kier molecular flexibility index (Phi) is 7.42. The van der Waals surface area contributed by atoms with Crippen LogP contribution < -0.4 is 10.6 Å². The Hall–Kier alpha value is -3.58. The number of hydrogen-bond acceptors (Lipinski definition) is 5. The smallest absolute Gasteiger partial charge is 0.234 e. The second kappa shape index (κ2) is 10.8. The monoisotopic (exact) mass is 459 g/mol. The number of hydrogen-bond donors (Lipinski definition) is 2. The minimum absolute atomic E-state index is 0.0266. The predicted molar refractivity (Wildman–Crippen MR) is 133 cm³/mol. The largest absolute Gasteiger partial charge is 0.436 e. The van der Waals surface area contributed by atoms with Gasteiger partial charge in [-0.2, -0.15) is 0 Å². The number of aromatic nitrogens is 1. The highest BCUT2D eigenvalue weighted by atomic mass is 32.2. The second-order valence-electron chi connectivity index (χ2n) is 7.58. The van der Waals surface area contributed by atoms with Crippen LogP contribution in [-0.4, -0.2) is 22.6 Å². The summed E-state index contributed by atoms with van der Waals surface area (Å²) in [5.74, 6) is 0.773. The average Bonchev–Trinajstić information content (AvgIpc) is 3.27. The molecule has 0 unspecified atom stereocenters. The van der Waals surface area contributed by atoms with E-state index in [4.69, 9.17) is 4.42 Å². The highest BCUT2D eigenvalue weighted by Crippen LogP contribution is 2.25. The van der Waals surface area contributed by atoms with Crippen molar-refractivity contribution in [3.05, 3.63) is 72.8 Å². The number of thioether (sulfide) groups is 1. The molecule has 0 bridgehead atoms. The molecular weight excluding hydrogens is 434 g/mol. The molecule has 0 aliphatic carbocycles. The van der Waals surface area contributed by atoms with E-state index in [-0.39, 0.29) is 17.6 Å². The zero-order valence-electron chi connectivity index (χ0n) is 18.3. The van der Waals surface area contributed by atoms with Gasteiger partial charge in [-0.25, -0.2) is 4.98 Å². The number of amides is 2. The molecule has 0 saturated heterocycles. The fraction of sp³-hybridized carbons (Fsp3) is 0.192. The van der Waals surface area contributed by atoms with Gasteiger partial charge in [0, 0.05) is 28.3 Å². The molecular formula is C26H25N3O3S. The summed E-state index contributed by atoms with van der Waals surface area (Å²) in [5, 5.41) is 5.79. The molecule has 0 aliphatic rings. The quantitative estimate of drug-likeness (QED) is 0.285. The lowest BCUT2D eigenvalue weighted by Gasteiger charge is -2.07. The van der Waals surface area contributed by atoms with E-state index < -0.39 is 0 Å². The van der Waals surface area contributed by atoms with E-state index in [0.29, 0.717) is 18.0 Å². The first kappa shape index (κ1) is 22.6. The van der Waals surface area contributed by atoms with Crippen molar-refractivity contribution in [2.75, 3.05) is 16.4 Å². The summed E-state index contributed by atoms with van der Waals surface area (Å²) < 4.78 is 5.78. The predicted octanol–water partition coefficient (Wildman–Crippen LogP) is 6.35. The lowest BCUT2D eigenvalue weighted by atomic mass is 10.2. The number of para-hydroxylation sites is 2. The zero-order chi connectivity index (χ0) is 23.0. The highest BCUT2D eigenvalue weighted by Gasteiger charge is 2.09. The Morgan fingerprint density at radius 1 is 0.879 bits per heavy atom. The fourth-order valence-corrected chi connectivity index (χ4v) is 3.93. The van der Waals surface area contributed by atoms with Gasteiger partial charge in [-0.15, -0.1) is 11.8 Å². The van der Waals surface area contributed by atoms with E-state index >= 15 is 0 Å². The van der Waals surface area contributed by atoms with Crippen molar-refractivity contribution in [3.8, 4) is 11.5 Å². The van der Waals surface area contributed by atoms with Crippen molar-refractivity contribution in [2.24, 2.45) is 0 Å². The topological polar surface area (TPSA) is 84.2 Å². The number of anilines is 2. The van der Waals surface area contributed by atoms with E-state index in [1.54, 1.807) is 0 Å². The van der Waals surface area contributed by atoms with Gasteiger partial charge in [0.1, 0.15) is 5.52 Å². The Bertz CT molecular complexity index is 1200. The first-order valence-electron chi connectivity index (χ1n) is 10.9. The number of oxazole rings is 1. The van der Waals surface area contributed by atoms with Gasteiger partial charge in [-0.1, -0.05) is 25.5 Å². The number of nitrogens with one attached hydrogen (secondary N) is 2. The van der Waals surface area contributed by atoms with E-state index in [1.165, 1.54) is 11.8 Å². The summed E-state index contributed by atoms with van der Waals surface area (Å²) in [7, 11) is 0. The second-order valence-corrected chi connectivity index (χ2v) is 8.63. The molecule has 0 saturated carbocycles. The molecule has 1 aromatic heterocycles. The van der Waals surface area contributed by atoms with Gasteiger partial charge in [0.25, 0.3) is 0 Å². The Morgan fingerprint density at radius 2 is 1.55 bits per heavy atom. The number of rotatable bonds is 9. The van der Waals surface area contributed by atoms with Crippen LogP contribution in [0.5, 0.6) is 0 Å². The molecule has 168 valence electrons. The third-order valence-corrected chi connectivity index (χ3v) is 5.99. The van der Waals surface area contributed by atoms with Gasteiger partial charge in [0.05, 0.1) is 5.75 Å². The highest BCUT2D eigenvalue weighted by molar-refractivity contribution is 8.00. The first-order valence-corrected chi connectivity index (χ1v) is 11.9. The summed E-state index contributed by atoms with van der Waals surface area (Å²) in [5.41, 5.74) is 3.89. The molecule has 2 amide bonds. The average molecular weight is 460 g/mol. The number of nitrogens with zero attached hydrogens (tertiary/aromatic N) is 1. The number of carbonyl (C=O) groups excluding carboxylic acids is 2. The van der Waals surface area contributed by atoms with Crippen LogP contribution in [0, 0.1) is 0 Å². The van der Waals surface area contributed by atoms with Crippen molar-refractivity contribution in [1.82, 2.24) is 4.98 Å². The van der Waals surface area contributed by atoms with Gasteiger partial charge in [0.2, 0.25) is 17.7 Å². The van der Waals surface area contributed by atoms with Crippen molar-refractivity contribution >= 4 is 46.1 Å². The van der Waals surface area contributed by atoms with Gasteiger partial charge < -0.3 is 15.1 Å². The lowest BCUT2D eigenvalue weighted by Crippen LogP contribution is -2.13. The van der Waals surface area contributed by atoms with Crippen molar-refractivity contribution in [2.45, 2.75) is 31.1 Å². The maximum atomic E-state index is 12.4. The summed E-state index contributed by atoms with van der Waals surface area (Å²) in [6.07, 6.45) is 2.41. The molecule has 3 aromatic carbocycles. The molecule has 0 atom stereocenters. The van der Waals surface area contributed by atoms with Crippen LogP contribution in [0.4, 0.5) is 11.4 Å². The van der Waals surface area contributed by atoms with Crippen LogP contribution in [0.1, 0.15) is 26.2 Å². The van der Waals surface area contributed by atoms with Crippen LogP contribution in [0.3, 0.4) is 0 Å². The Balaban J connectivity index is 1.27. The third-order valence-electron chi connectivity index (χ3n) is 4.97. The zero-order valence-corrected chi connectivity index (χ0v) is 19.2. The van der Waals surface area contributed by atoms with E-state index in [2.05, 4.69) is 22.5 Å². The maximum absolute atomic E-state index is 12.4. The maximum Gasteiger partial charge on any atom is 0.234 e. The molecule has 7 heteroatoms. The van der Waals surface area contributed by atoms with Gasteiger partial charge in [0.15, 0.2) is 5.58 Å². The molecule has 0 fully saturated rings. The molecule has 4 aromatic rings. The fourth-order valence-electron chi connectivity index (χ4n) is 3.23. The van der Waals surface area contributed by atoms with Gasteiger partial charge in [-0.05, 0) is 67.1 Å². The van der Waals surface area contributed by atoms with Crippen molar-refractivity contribution in [1.29, 1.82) is 0 Å². The number of fused-ring (bicyclic) bond motifs is 1. The van der Waals surface area contributed by atoms with Crippen LogP contribution in [-0.2, 0) is 9.59 Å².